The average molecular weight is 384 g/mol. The number of anilines is 1. The van der Waals surface area contributed by atoms with Crippen molar-refractivity contribution in [2.75, 3.05) is 32.2 Å². The lowest BCUT2D eigenvalue weighted by atomic mass is 10.1. The fourth-order valence-corrected chi connectivity index (χ4v) is 2.99. The molecule has 1 aliphatic heterocycles. The van der Waals surface area contributed by atoms with Gasteiger partial charge in [0.15, 0.2) is 6.10 Å². The largest absolute Gasteiger partial charge is 0.497 e. The number of nitrogens with one attached hydrogen (secondary N) is 1. The van der Waals surface area contributed by atoms with E-state index in [0.717, 1.165) is 11.5 Å². The number of amides is 2. The van der Waals surface area contributed by atoms with Gasteiger partial charge in [0.05, 0.1) is 25.9 Å². The lowest BCUT2D eigenvalue weighted by Crippen LogP contribution is -2.50. The van der Waals surface area contributed by atoms with Crippen molar-refractivity contribution in [2.45, 2.75) is 18.9 Å². The van der Waals surface area contributed by atoms with Gasteiger partial charge in [-0.2, -0.15) is 0 Å². The first-order valence-corrected chi connectivity index (χ1v) is 9.17. The molecule has 2 amide bonds. The first kappa shape index (κ1) is 19.5. The fourth-order valence-electron chi connectivity index (χ4n) is 2.99. The van der Waals surface area contributed by atoms with Crippen molar-refractivity contribution >= 4 is 17.5 Å². The van der Waals surface area contributed by atoms with E-state index in [1.165, 1.54) is 0 Å². The third-order valence-corrected chi connectivity index (χ3v) is 4.48. The number of benzene rings is 2. The molecule has 2 aromatic carbocycles. The van der Waals surface area contributed by atoms with Crippen LogP contribution in [0.3, 0.4) is 0 Å². The molecule has 3 rings (SSSR count). The maximum Gasteiger partial charge on any atom is 0.262 e. The lowest BCUT2D eigenvalue weighted by Gasteiger charge is -2.34. The molecular formula is C21H24N2O5. The Labute approximate surface area is 164 Å². The highest BCUT2D eigenvalue weighted by Gasteiger charge is 2.32. The summed E-state index contributed by atoms with van der Waals surface area (Å²) in [6, 6.07) is 14.5. The standard InChI is InChI=1S/C21H24N2O5/c1-22-21(25)19-14-23(17-6-3-4-7-18(17)28-19)20(24)8-5-13-27-16-11-9-15(26-2)10-12-16/h3-4,6-7,9-12,19H,5,8,13-14H2,1-2H3,(H,22,25)/t19-/m1/s1. The molecule has 1 atom stereocenters. The summed E-state index contributed by atoms with van der Waals surface area (Å²) in [6.07, 6.45) is 0.152. The molecule has 2 aromatic rings. The number of carbonyl (C=O) groups is 2. The van der Waals surface area contributed by atoms with Crippen LogP contribution in [0, 0.1) is 0 Å². The van der Waals surface area contributed by atoms with Crippen molar-refractivity contribution in [1.82, 2.24) is 5.32 Å². The number of ether oxygens (including phenoxy) is 3. The van der Waals surface area contributed by atoms with Gasteiger partial charge in [-0.05, 0) is 42.8 Å². The highest BCUT2D eigenvalue weighted by Crippen LogP contribution is 2.33. The highest BCUT2D eigenvalue weighted by molar-refractivity contribution is 5.97. The van der Waals surface area contributed by atoms with Crippen molar-refractivity contribution < 1.29 is 23.8 Å². The van der Waals surface area contributed by atoms with E-state index in [4.69, 9.17) is 14.2 Å². The Balaban J connectivity index is 1.57. The molecule has 0 saturated heterocycles. The fraction of sp³-hybridized carbons (Fsp3) is 0.333. The van der Waals surface area contributed by atoms with Crippen LogP contribution in [-0.2, 0) is 9.59 Å². The molecule has 0 aliphatic carbocycles. The van der Waals surface area contributed by atoms with Gasteiger partial charge in [0.1, 0.15) is 17.2 Å². The van der Waals surface area contributed by atoms with Crippen molar-refractivity contribution in [1.29, 1.82) is 0 Å². The summed E-state index contributed by atoms with van der Waals surface area (Å²) in [5.41, 5.74) is 0.684. The van der Waals surface area contributed by atoms with E-state index in [9.17, 15) is 9.59 Å². The lowest BCUT2D eigenvalue weighted by molar-refractivity contribution is -0.128. The molecule has 0 saturated carbocycles. The van der Waals surface area contributed by atoms with Gasteiger partial charge in [0, 0.05) is 13.5 Å². The Morgan fingerprint density at radius 1 is 1.14 bits per heavy atom. The number of nitrogens with zero attached hydrogens (tertiary/aromatic N) is 1. The topological polar surface area (TPSA) is 77.1 Å². The predicted octanol–water partition coefficient (Wildman–Crippen LogP) is 2.39. The average Bonchev–Trinajstić information content (AvgIpc) is 2.75. The summed E-state index contributed by atoms with van der Waals surface area (Å²) in [7, 11) is 3.16. The first-order chi connectivity index (χ1) is 13.6. The van der Waals surface area contributed by atoms with Crippen LogP contribution < -0.4 is 24.4 Å². The molecule has 1 N–H and O–H groups in total. The van der Waals surface area contributed by atoms with Gasteiger partial charge < -0.3 is 24.4 Å². The summed E-state index contributed by atoms with van der Waals surface area (Å²) in [6.45, 7) is 0.609. The van der Waals surface area contributed by atoms with E-state index in [-0.39, 0.29) is 18.4 Å². The molecule has 0 radical (unpaired) electrons. The molecule has 0 bridgehead atoms. The number of methoxy groups -OCH3 is 1. The minimum absolute atomic E-state index is 0.0667. The second kappa shape index (κ2) is 9.12. The zero-order valence-electron chi connectivity index (χ0n) is 16.0. The van der Waals surface area contributed by atoms with Crippen LogP contribution in [0.4, 0.5) is 5.69 Å². The smallest absolute Gasteiger partial charge is 0.262 e. The number of para-hydroxylation sites is 2. The number of hydrogen-bond acceptors (Lipinski definition) is 5. The SMILES string of the molecule is CNC(=O)[C@H]1CN(C(=O)CCCOc2ccc(OC)cc2)c2ccccc2O1. The zero-order chi connectivity index (χ0) is 19.9. The molecule has 7 heteroatoms. The summed E-state index contributed by atoms with van der Waals surface area (Å²) < 4.78 is 16.5. The number of fused-ring (bicyclic) bond motifs is 1. The molecule has 1 aliphatic rings. The van der Waals surface area contributed by atoms with E-state index in [1.54, 1.807) is 25.1 Å². The van der Waals surface area contributed by atoms with E-state index >= 15 is 0 Å². The second-order valence-electron chi connectivity index (χ2n) is 6.32. The summed E-state index contributed by atoms with van der Waals surface area (Å²) >= 11 is 0. The normalized spacial score (nSPS) is 15.2. The van der Waals surface area contributed by atoms with E-state index in [2.05, 4.69) is 5.32 Å². The Morgan fingerprint density at radius 3 is 2.57 bits per heavy atom. The van der Waals surface area contributed by atoms with E-state index < -0.39 is 6.10 Å². The predicted molar refractivity (Wildman–Crippen MR) is 105 cm³/mol. The number of carbonyl (C=O) groups excluding carboxylic acids is 2. The van der Waals surface area contributed by atoms with Crippen LogP contribution >= 0.6 is 0 Å². The van der Waals surface area contributed by atoms with Crippen LogP contribution in [0.1, 0.15) is 12.8 Å². The van der Waals surface area contributed by atoms with Crippen LogP contribution in [-0.4, -0.2) is 45.2 Å². The van der Waals surface area contributed by atoms with E-state index in [0.29, 0.717) is 30.9 Å². The summed E-state index contributed by atoms with van der Waals surface area (Å²) in [5, 5.41) is 2.57. The monoisotopic (exact) mass is 384 g/mol. The minimum atomic E-state index is -0.723. The Hall–Kier alpha value is -3.22. The quantitative estimate of drug-likeness (QED) is 0.742. The molecule has 1 heterocycles. The first-order valence-electron chi connectivity index (χ1n) is 9.17. The van der Waals surface area contributed by atoms with Gasteiger partial charge in [-0.15, -0.1) is 0 Å². The summed E-state index contributed by atoms with van der Waals surface area (Å²) in [4.78, 5) is 26.4. The van der Waals surface area contributed by atoms with Gasteiger partial charge in [0.2, 0.25) is 5.91 Å². The van der Waals surface area contributed by atoms with E-state index in [1.807, 2.05) is 42.5 Å². The molecule has 28 heavy (non-hydrogen) atoms. The van der Waals surface area contributed by atoms with Crippen LogP contribution in [0.2, 0.25) is 0 Å². The Kier molecular flexibility index (Phi) is 6.37. The number of hydrogen-bond donors (Lipinski definition) is 1. The highest BCUT2D eigenvalue weighted by atomic mass is 16.5. The van der Waals surface area contributed by atoms with Crippen LogP contribution in [0.25, 0.3) is 0 Å². The maximum atomic E-state index is 12.8. The minimum Gasteiger partial charge on any atom is -0.497 e. The van der Waals surface area contributed by atoms with Gasteiger partial charge in [-0.1, -0.05) is 12.1 Å². The second-order valence-corrected chi connectivity index (χ2v) is 6.32. The Morgan fingerprint density at radius 2 is 1.86 bits per heavy atom. The third kappa shape index (κ3) is 4.54. The molecule has 0 spiro atoms. The van der Waals surface area contributed by atoms with Crippen LogP contribution in [0.5, 0.6) is 17.2 Å². The Bertz CT molecular complexity index is 822. The summed E-state index contributed by atoms with van der Waals surface area (Å²) in [5.74, 6) is 1.70. The van der Waals surface area contributed by atoms with Gasteiger partial charge in [0.25, 0.3) is 5.91 Å². The molecule has 7 nitrogen and oxygen atoms in total. The van der Waals surface area contributed by atoms with Gasteiger partial charge >= 0.3 is 0 Å². The molecule has 0 unspecified atom stereocenters. The number of rotatable bonds is 7. The third-order valence-electron chi connectivity index (χ3n) is 4.48. The van der Waals surface area contributed by atoms with Gasteiger partial charge in [-0.25, -0.2) is 0 Å². The number of likely N-dealkylation sites (N-methyl/N-ethyl adjacent to an activating group) is 1. The van der Waals surface area contributed by atoms with Crippen molar-refractivity contribution in [3.63, 3.8) is 0 Å². The van der Waals surface area contributed by atoms with Gasteiger partial charge in [-0.3, -0.25) is 9.59 Å². The molecule has 148 valence electrons. The van der Waals surface area contributed by atoms with Crippen LogP contribution in [0.15, 0.2) is 48.5 Å². The molecular weight excluding hydrogens is 360 g/mol. The van der Waals surface area contributed by atoms with Crippen molar-refractivity contribution in [3.8, 4) is 17.2 Å². The molecule has 0 fully saturated rings. The molecule has 0 aromatic heterocycles. The van der Waals surface area contributed by atoms with Crippen molar-refractivity contribution in [2.24, 2.45) is 0 Å². The maximum absolute atomic E-state index is 12.8. The van der Waals surface area contributed by atoms with Crippen molar-refractivity contribution in [3.05, 3.63) is 48.5 Å². The zero-order valence-corrected chi connectivity index (χ0v) is 16.0.